The fourth-order valence-corrected chi connectivity index (χ4v) is 3.26. The highest BCUT2D eigenvalue weighted by molar-refractivity contribution is 9.10. The van der Waals surface area contributed by atoms with Gasteiger partial charge in [-0.05, 0) is 30.7 Å². The topological polar surface area (TPSA) is 37.4 Å². The van der Waals surface area contributed by atoms with Crippen LogP contribution in [0.5, 0.6) is 0 Å². The van der Waals surface area contributed by atoms with E-state index >= 15 is 0 Å². The van der Waals surface area contributed by atoms with Crippen LogP contribution in [0.15, 0.2) is 27.6 Å². The Labute approximate surface area is 118 Å². The van der Waals surface area contributed by atoms with Gasteiger partial charge in [-0.3, -0.25) is 0 Å². The molecule has 0 atom stereocenters. The van der Waals surface area contributed by atoms with Crippen LogP contribution in [0, 0.1) is 6.92 Å². The maximum Gasteiger partial charge on any atom is 0.402 e. The van der Waals surface area contributed by atoms with Crippen LogP contribution in [0.25, 0.3) is 0 Å². The van der Waals surface area contributed by atoms with E-state index in [2.05, 4.69) is 15.9 Å². The molecule has 0 bridgehead atoms. The van der Waals surface area contributed by atoms with Crippen molar-refractivity contribution in [2.24, 2.45) is 0 Å². The molecular weight excluding hydrogens is 347 g/mol. The molecule has 1 aromatic rings. The van der Waals surface area contributed by atoms with Gasteiger partial charge in [0.05, 0.1) is 4.90 Å². The third-order valence-electron chi connectivity index (χ3n) is 2.48. The molecule has 0 N–H and O–H groups in total. The van der Waals surface area contributed by atoms with Crippen LogP contribution in [0.4, 0.5) is 13.2 Å². The number of hydrogen-bond donors (Lipinski definition) is 0. The molecule has 0 aliphatic carbocycles. The summed E-state index contributed by atoms with van der Waals surface area (Å²) in [6.07, 6.45) is -4.56. The molecule has 0 spiro atoms. The SMILES string of the molecule is CCN(CC(F)(F)F)S(=O)(=O)c1ccc(Br)c(C)c1. The summed E-state index contributed by atoms with van der Waals surface area (Å²) >= 11 is 3.21. The summed E-state index contributed by atoms with van der Waals surface area (Å²) in [7, 11) is -4.13. The molecule has 8 heteroatoms. The monoisotopic (exact) mass is 359 g/mol. The highest BCUT2D eigenvalue weighted by Gasteiger charge is 2.36. The zero-order chi connectivity index (χ0) is 14.8. The van der Waals surface area contributed by atoms with E-state index in [1.165, 1.54) is 25.1 Å². The molecule has 0 aromatic heterocycles. The van der Waals surface area contributed by atoms with Crippen LogP contribution in [-0.4, -0.2) is 32.0 Å². The van der Waals surface area contributed by atoms with Gasteiger partial charge in [0.15, 0.2) is 0 Å². The third kappa shape index (κ3) is 4.19. The van der Waals surface area contributed by atoms with Crippen LogP contribution >= 0.6 is 15.9 Å². The number of halogens is 4. The van der Waals surface area contributed by atoms with Crippen LogP contribution < -0.4 is 0 Å². The van der Waals surface area contributed by atoms with Gasteiger partial charge in [0.2, 0.25) is 10.0 Å². The van der Waals surface area contributed by atoms with Gasteiger partial charge in [-0.1, -0.05) is 22.9 Å². The van der Waals surface area contributed by atoms with Gasteiger partial charge in [-0.25, -0.2) is 8.42 Å². The minimum Gasteiger partial charge on any atom is -0.207 e. The second-order valence-electron chi connectivity index (χ2n) is 3.96. The van der Waals surface area contributed by atoms with E-state index in [1.54, 1.807) is 6.92 Å². The average Bonchev–Trinajstić information content (AvgIpc) is 2.28. The number of hydrogen-bond acceptors (Lipinski definition) is 2. The second-order valence-corrected chi connectivity index (χ2v) is 6.75. The van der Waals surface area contributed by atoms with Crippen LogP contribution in [0.2, 0.25) is 0 Å². The Morgan fingerprint density at radius 1 is 1.32 bits per heavy atom. The predicted molar refractivity (Wildman–Crippen MR) is 69.4 cm³/mol. The summed E-state index contributed by atoms with van der Waals surface area (Å²) in [5.41, 5.74) is 0.643. The van der Waals surface area contributed by atoms with Crippen molar-refractivity contribution in [2.45, 2.75) is 24.9 Å². The zero-order valence-electron chi connectivity index (χ0n) is 10.3. The Morgan fingerprint density at radius 2 is 1.89 bits per heavy atom. The highest BCUT2D eigenvalue weighted by Crippen LogP contribution is 2.25. The lowest BCUT2D eigenvalue weighted by molar-refractivity contribution is -0.135. The van der Waals surface area contributed by atoms with Crippen molar-refractivity contribution >= 4 is 26.0 Å². The molecule has 0 aliphatic heterocycles. The van der Waals surface area contributed by atoms with Crippen molar-refractivity contribution in [3.05, 3.63) is 28.2 Å². The molecule has 0 heterocycles. The van der Waals surface area contributed by atoms with Crippen LogP contribution in [0.1, 0.15) is 12.5 Å². The fraction of sp³-hybridized carbons (Fsp3) is 0.455. The van der Waals surface area contributed by atoms with Crippen molar-refractivity contribution in [1.82, 2.24) is 4.31 Å². The minimum atomic E-state index is -4.56. The molecule has 0 saturated carbocycles. The molecule has 19 heavy (non-hydrogen) atoms. The van der Waals surface area contributed by atoms with E-state index in [4.69, 9.17) is 0 Å². The van der Waals surface area contributed by atoms with Gasteiger partial charge in [0.1, 0.15) is 6.54 Å². The number of benzene rings is 1. The lowest BCUT2D eigenvalue weighted by atomic mass is 10.2. The summed E-state index contributed by atoms with van der Waals surface area (Å²) in [6.45, 7) is 1.32. The molecule has 1 aromatic carbocycles. The van der Waals surface area contributed by atoms with Gasteiger partial charge >= 0.3 is 6.18 Å². The molecule has 0 aliphatic rings. The lowest BCUT2D eigenvalue weighted by Gasteiger charge is -2.22. The standard InChI is InChI=1S/C11H13BrF3NO2S/c1-3-16(7-11(13,14)15)19(17,18)9-4-5-10(12)8(2)6-9/h4-6H,3,7H2,1-2H3. The smallest absolute Gasteiger partial charge is 0.207 e. The Bertz CT molecular complexity index is 558. The number of rotatable bonds is 4. The van der Waals surface area contributed by atoms with E-state index in [0.717, 1.165) is 0 Å². The minimum absolute atomic E-state index is 0.140. The summed E-state index contributed by atoms with van der Waals surface area (Å²) < 4.78 is 62.4. The van der Waals surface area contributed by atoms with Crippen molar-refractivity contribution in [3.63, 3.8) is 0 Å². The molecule has 0 saturated heterocycles. The van der Waals surface area contributed by atoms with Gasteiger partial charge in [-0.2, -0.15) is 17.5 Å². The molecule has 3 nitrogen and oxygen atoms in total. The summed E-state index contributed by atoms with van der Waals surface area (Å²) in [4.78, 5) is -0.140. The maximum absolute atomic E-state index is 12.4. The first-order valence-corrected chi connectivity index (χ1v) is 7.64. The first kappa shape index (κ1) is 16.5. The summed E-state index contributed by atoms with van der Waals surface area (Å²) in [5, 5.41) is 0. The second kappa shape index (κ2) is 5.80. The predicted octanol–water partition coefficient (Wildman–Crippen LogP) is 3.33. The van der Waals surface area contributed by atoms with E-state index < -0.39 is 22.7 Å². The number of alkyl halides is 3. The third-order valence-corrected chi connectivity index (χ3v) is 5.28. The maximum atomic E-state index is 12.4. The average molecular weight is 360 g/mol. The quantitative estimate of drug-likeness (QED) is 0.826. The Balaban J connectivity index is 3.17. The van der Waals surface area contributed by atoms with E-state index in [-0.39, 0.29) is 11.4 Å². The number of aryl methyl sites for hydroxylation is 1. The molecule has 0 amide bonds. The van der Waals surface area contributed by atoms with E-state index in [1.807, 2.05) is 0 Å². The zero-order valence-corrected chi connectivity index (χ0v) is 12.7. The Hall–Kier alpha value is -0.600. The molecule has 0 unspecified atom stereocenters. The largest absolute Gasteiger partial charge is 0.402 e. The van der Waals surface area contributed by atoms with Gasteiger partial charge in [-0.15, -0.1) is 0 Å². The Morgan fingerprint density at radius 3 is 2.32 bits per heavy atom. The normalized spacial score (nSPS) is 13.0. The van der Waals surface area contributed by atoms with Crippen LogP contribution in [-0.2, 0) is 10.0 Å². The molecule has 1 rings (SSSR count). The van der Waals surface area contributed by atoms with E-state index in [0.29, 0.717) is 14.3 Å². The van der Waals surface area contributed by atoms with Gasteiger partial charge < -0.3 is 0 Å². The summed E-state index contributed by atoms with van der Waals surface area (Å²) in [6, 6.07) is 4.13. The first-order chi connectivity index (χ1) is 8.58. The van der Waals surface area contributed by atoms with Crippen molar-refractivity contribution < 1.29 is 21.6 Å². The fourth-order valence-electron chi connectivity index (χ4n) is 1.49. The van der Waals surface area contributed by atoms with Gasteiger partial charge in [0, 0.05) is 11.0 Å². The van der Waals surface area contributed by atoms with Crippen molar-refractivity contribution in [1.29, 1.82) is 0 Å². The molecule has 0 radical (unpaired) electrons. The first-order valence-electron chi connectivity index (χ1n) is 5.41. The van der Waals surface area contributed by atoms with Crippen LogP contribution in [0.3, 0.4) is 0 Å². The number of sulfonamides is 1. The molecule has 0 fully saturated rings. The van der Waals surface area contributed by atoms with Crippen molar-refractivity contribution in [2.75, 3.05) is 13.1 Å². The number of nitrogens with zero attached hydrogens (tertiary/aromatic N) is 1. The Kier molecular flexibility index (Phi) is 5.02. The highest BCUT2D eigenvalue weighted by atomic mass is 79.9. The van der Waals surface area contributed by atoms with E-state index in [9.17, 15) is 21.6 Å². The lowest BCUT2D eigenvalue weighted by Crippen LogP contribution is -2.38. The molecule has 108 valence electrons. The van der Waals surface area contributed by atoms with Crippen molar-refractivity contribution in [3.8, 4) is 0 Å². The van der Waals surface area contributed by atoms with Gasteiger partial charge in [0.25, 0.3) is 0 Å². The summed E-state index contributed by atoms with van der Waals surface area (Å²) in [5.74, 6) is 0. The molecular formula is C11H13BrF3NO2S.